The first-order chi connectivity index (χ1) is 11.7. The van der Waals surface area contributed by atoms with Crippen molar-refractivity contribution < 1.29 is 4.39 Å². The molecule has 0 aliphatic heterocycles. The third-order valence-electron chi connectivity index (χ3n) is 3.60. The van der Waals surface area contributed by atoms with Crippen molar-refractivity contribution in [1.29, 1.82) is 0 Å². The van der Waals surface area contributed by atoms with E-state index in [0.29, 0.717) is 6.42 Å². The Balaban J connectivity index is 1.61. The SMILES string of the molecule is CN=C(NCCCc1ccc(Br)cc1F)NCCCn1ccnc1. The van der Waals surface area contributed by atoms with Crippen LogP contribution in [-0.2, 0) is 13.0 Å². The van der Waals surface area contributed by atoms with Crippen molar-refractivity contribution in [2.45, 2.75) is 25.8 Å². The number of guanidine groups is 1. The summed E-state index contributed by atoms with van der Waals surface area (Å²) in [6.45, 7) is 2.50. The summed E-state index contributed by atoms with van der Waals surface area (Å²) in [5.41, 5.74) is 0.739. The molecule has 0 radical (unpaired) electrons. The van der Waals surface area contributed by atoms with Crippen molar-refractivity contribution in [1.82, 2.24) is 20.2 Å². The first-order valence-corrected chi connectivity index (χ1v) is 8.82. The van der Waals surface area contributed by atoms with E-state index in [0.717, 1.165) is 48.5 Å². The Bertz CT molecular complexity index is 642. The molecule has 1 heterocycles. The summed E-state index contributed by atoms with van der Waals surface area (Å²) in [4.78, 5) is 8.21. The highest BCUT2D eigenvalue weighted by Crippen LogP contribution is 2.16. The second-order valence-electron chi connectivity index (χ2n) is 5.42. The smallest absolute Gasteiger partial charge is 0.190 e. The van der Waals surface area contributed by atoms with E-state index in [1.165, 1.54) is 6.07 Å². The van der Waals surface area contributed by atoms with E-state index in [9.17, 15) is 4.39 Å². The van der Waals surface area contributed by atoms with Gasteiger partial charge in [0.2, 0.25) is 0 Å². The summed E-state index contributed by atoms with van der Waals surface area (Å²) < 4.78 is 16.5. The van der Waals surface area contributed by atoms with Crippen molar-refractivity contribution in [3.63, 3.8) is 0 Å². The molecule has 2 N–H and O–H groups in total. The molecule has 1 aromatic heterocycles. The average molecular weight is 396 g/mol. The van der Waals surface area contributed by atoms with Crippen LogP contribution in [0.3, 0.4) is 0 Å². The Labute approximate surface area is 150 Å². The second-order valence-corrected chi connectivity index (χ2v) is 6.33. The number of hydrogen-bond acceptors (Lipinski definition) is 2. The number of hydrogen-bond donors (Lipinski definition) is 2. The lowest BCUT2D eigenvalue weighted by atomic mass is 10.1. The van der Waals surface area contributed by atoms with Gasteiger partial charge in [0, 0.05) is 43.5 Å². The zero-order valence-corrected chi connectivity index (χ0v) is 15.4. The molecule has 1 aromatic carbocycles. The predicted octanol–water partition coefficient (Wildman–Crippen LogP) is 2.97. The average Bonchev–Trinajstić information content (AvgIpc) is 3.08. The van der Waals surface area contributed by atoms with Gasteiger partial charge in [0.1, 0.15) is 5.82 Å². The fourth-order valence-corrected chi connectivity index (χ4v) is 2.65. The summed E-state index contributed by atoms with van der Waals surface area (Å²) in [6, 6.07) is 5.19. The van der Waals surface area contributed by atoms with Gasteiger partial charge in [0.25, 0.3) is 0 Å². The molecule has 5 nitrogen and oxygen atoms in total. The maximum Gasteiger partial charge on any atom is 0.190 e. The van der Waals surface area contributed by atoms with Crippen LogP contribution in [0.1, 0.15) is 18.4 Å². The number of aromatic nitrogens is 2. The third-order valence-corrected chi connectivity index (χ3v) is 4.09. The maximum atomic E-state index is 13.7. The van der Waals surface area contributed by atoms with E-state index in [1.807, 2.05) is 29.2 Å². The summed E-state index contributed by atoms with van der Waals surface area (Å²) in [7, 11) is 1.75. The molecule has 0 unspecified atom stereocenters. The van der Waals surface area contributed by atoms with Crippen LogP contribution in [0.15, 0.2) is 46.4 Å². The Morgan fingerprint density at radius 1 is 1.29 bits per heavy atom. The van der Waals surface area contributed by atoms with Gasteiger partial charge in [-0.2, -0.15) is 0 Å². The van der Waals surface area contributed by atoms with E-state index in [4.69, 9.17) is 0 Å². The van der Waals surface area contributed by atoms with Gasteiger partial charge in [0.15, 0.2) is 5.96 Å². The topological polar surface area (TPSA) is 54.2 Å². The molecular formula is C17H23BrFN5. The standard InChI is InChI=1S/C17H23BrFN5/c1-20-17(23-8-3-10-24-11-9-21-13-24)22-7-2-4-14-5-6-15(18)12-16(14)19/h5-6,9,11-13H,2-4,7-8,10H2,1H3,(H2,20,22,23). The summed E-state index contributed by atoms with van der Waals surface area (Å²) in [6.07, 6.45) is 8.07. The van der Waals surface area contributed by atoms with Crippen LogP contribution in [0.25, 0.3) is 0 Å². The van der Waals surface area contributed by atoms with Crippen LogP contribution in [0, 0.1) is 5.82 Å². The van der Waals surface area contributed by atoms with E-state index in [-0.39, 0.29) is 5.82 Å². The number of benzene rings is 1. The molecule has 24 heavy (non-hydrogen) atoms. The highest BCUT2D eigenvalue weighted by atomic mass is 79.9. The largest absolute Gasteiger partial charge is 0.356 e. The number of aliphatic imine (C=N–C) groups is 1. The minimum absolute atomic E-state index is 0.161. The fraction of sp³-hybridized carbons (Fsp3) is 0.412. The van der Waals surface area contributed by atoms with E-state index in [2.05, 4.69) is 36.5 Å². The summed E-state index contributed by atoms with van der Waals surface area (Å²) in [5.74, 6) is 0.614. The number of rotatable bonds is 8. The second kappa shape index (κ2) is 10.1. The lowest BCUT2D eigenvalue weighted by Crippen LogP contribution is -2.38. The molecule has 0 spiro atoms. The Morgan fingerprint density at radius 3 is 2.75 bits per heavy atom. The predicted molar refractivity (Wildman–Crippen MR) is 98.6 cm³/mol. The Hall–Kier alpha value is -1.89. The van der Waals surface area contributed by atoms with E-state index in [1.54, 1.807) is 13.2 Å². The van der Waals surface area contributed by atoms with Gasteiger partial charge in [0.05, 0.1) is 6.33 Å². The molecule has 7 heteroatoms. The zero-order valence-electron chi connectivity index (χ0n) is 13.8. The van der Waals surface area contributed by atoms with Gasteiger partial charge in [-0.3, -0.25) is 4.99 Å². The molecule has 0 atom stereocenters. The Morgan fingerprint density at radius 2 is 2.08 bits per heavy atom. The fourth-order valence-electron chi connectivity index (χ4n) is 2.32. The van der Waals surface area contributed by atoms with Gasteiger partial charge in [-0.25, -0.2) is 9.37 Å². The van der Waals surface area contributed by atoms with Crippen molar-refractivity contribution in [2.75, 3.05) is 20.1 Å². The Kier molecular flexibility index (Phi) is 7.74. The lowest BCUT2D eigenvalue weighted by molar-refractivity contribution is 0.600. The molecule has 0 saturated carbocycles. The van der Waals surface area contributed by atoms with Crippen molar-refractivity contribution in [2.24, 2.45) is 4.99 Å². The molecule has 0 aliphatic rings. The van der Waals surface area contributed by atoms with Crippen LogP contribution < -0.4 is 10.6 Å². The van der Waals surface area contributed by atoms with Crippen LogP contribution in [0.2, 0.25) is 0 Å². The minimum atomic E-state index is -0.161. The monoisotopic (exact) mass is 395 g/mol. The third kappa shape index (κ3) is 6.31. The molecule has 0 saturated heterocycles. The number of imidazole rings is 1. The molecule has 2 aromatic rings. The summed E-state index contributed by atoms with van der Waals surface area (Å²) >= 11 is 3.27. The molecule has 2 rings (SSSR count). The van der Waals surface area contributed by atoms with Crippen LogP contribution in [0.4, 0.5) is 4.39 Å². The van der Waals surface area contributed by atoms with Gasteiger partial charge in [-0.05, 0) is 37.0 Å². The zero-order chi connectivity index (χ0) is 17.2. The first kappa shape index (κ1) is 18.4. The number of halogens is 2. The van der Waals surface area contributed by atoms with Crippen molar-refractivity contribution in [3.05, 3.63) is 52.8 Å². The van der Waals surface area contributed by atoms with Gasteiger partial charge >= 0.3 is 0 Å². The number of nitrogens with one attached hydrogen (secondary N) is 2. The highest BCUT2D eigenvalue weighted by molar-refractivity contribution is 9.10. The highest BCUT2D eigenvalue weighted by Gasteiger charge is 2.03. The van der Waals surface area contributed by atoms with Crippen molar-refractivity contribution >= 4 is 21.9 Å². The quantitative estimate of drug-likeness (QED) is 0.410. The minimum Gasteiger partial charge on any atom is -0.356 e. The molecule has 0 aliphatic carbocycles. The molecular weight excluding hydrogens is 373 g/mol. The lowest BCUT2D eigenvalue weighted by Gasteiger charge is -2.12. The van der Waals surface area contributed by atoms with Crippen LogP contribution in [-0.4, -0.2) is 35.6 Å². The van der Waals surface area contributed by atoms with E-state index < -0.39 is 0 Å². The number of nitrogens with zero attached hydrogens (tertiary/aromatic N) is 3. The van der Waals surface area contributed by atoms with Crippen molar-refractivity contribution in [3.8, 4) is 0 Å². The molecule has 0 bridgehead atoms. The number of aryl methyl sites for hydroxylation is 2. The van der Waals surface area contributed by atoms with Gasteiger partial charge < -0.3 is 15.2 Å². The van der Waals surface area contributed by atoms with Crippen LogP contribution >= 0.6 is 15.9 Å². The maximum absolute atomic E-state index is 13.7. The summed E-state index contributed by atoms with van der Waals surface area (Å²) in [5, 5.41) is 6.53. The molecule has 0 amide bonds. The van der Waals surface area contributed by atoms with Gasteiger partial charge in [-0.15, -0.1) is 0 Å². The normalized spacial score (nSPS) is 11.5. The first-order valence-electron chi connectivity index (χ1n) is 8.03. The van der Waals surface area contributed by atoms with E-state index >= 15 is 0 Å². The molecule has 0 fully saturated rings. The molecule has 130 valence electrons. The van der Waals surface area contributed by atoms with Gasteiger partial charge in [-0.1, -0.05) is 22.0 Å². The van der Waals surface area contributed by atoms with Crippen LogP contribution in [0.5, 0.6) is 0 Å².